The monoisotopic (exact) mass is 409 g/mol. The molecule has 0 saturated carbocycles. The van der Waals surface area contributed by atoms with E-state index >= 15 is 0 Å². The molecule has 0 saturated heterocycles. The van der Waals surface area contributed by atoms with E-state index in [1.807, 2.05) is 57.2 Å². The van der Waals surface area contributed by atoms with Crippen molar-refractivity contribution in [2.75, 3.05) is 13.2 Å². The molecule has 1 aliphatic carbocycles. The molecule has 24 heavy (non-hydrogen) atoms. The second kappa shape index (κ2) is 5.04. The number of allylic oxidation sites excluding steroid dienone is 1. The van der Waals surface area contributed by atoms with Crippen molar-refractivity contribution in [1.29, 1.82) is 0 Å². The molecule has 3 nitrogen and oxygen atoms in total. The summed E-state index contributed by atoms with van der Waals surface area (Å²) in [5, 5.41) is 10.9. The molecule has 1 aromatic rings. The van der Waals surface area contributed by atoms with E-state index in [4.69, 9.17) is 27.0 Å². The van der Waals surface area contributed by atoms with Gasteiger partial charge < -0.3 is 0 Å². The van der Waals surface area contributed by atoms with Crippen LogP contribution in [0.25, 0.3) is 6.08 Å². The molecule has 0 bridgehead atoms. The van der Waals surface area contributed by atoms with Gasteiger partial charge >= 0.3 is 149 Å². The van der Waals surface area contributed by atoms with Gasteiger partial charge in [-0.15, -0.1) is 0 Å². The van der Waals surface area contributed by atoms with Crippen molar-refractivity contribution >= 4 is 29.5 Å². The van der Waals surface area contributed by atoms with Crippen molar-refractivity contribution < 1.29 is 19.2 Å². The van der Waals surface area contributed by atoms with E-state index in [1.54, 1.807) is 5.23 Å². The zero-order valence-electron chi connectivity index (χ0n) is 15.0. The quantitative estimate of drug-likeness (QED) is 0.517. The summed E-state index contributed by atoms with van der Waals surface area (Å²) in [7, 11) is 8.82. The standard InChI is InChI=1S/C9H7.C4H10N.C3H7O2.CH3.CH2.2ClH.Ti/c1-2-5-9-7-3-6-8(9)4-1;1-4(2,3)5;4-2-1-3-5;;;;;/h1-7H;5H,1-3H3;4H,1-3H2;1H3;1H2;2*1H;/q;2*-1;;;;;+4/p-2. The number of nitrogens with one attached hydrogen (secondary N) is 1. The summed E-state index contributed by atoms with van der Waals surface area (Å²) in [5.41, 5.74) is 1.67. The van der Waals surface area contributed by atoms with E-state index < -0.39 is 16.3 Å². The molecule has 1 unspecified atom stereocenters. The van der Waals surface area contributed by atoms with Gasteiger partial charge in [0.2, 0.25) is 0 Å². The number of hydrogen-bond acceptors (Lipinski definition) is 3. The first-order valence-electron chi connectivity index (χ1n) is 8.40. The molecule has 0 amide bonds. The van der Waals surface area contributed by atoms with Crippen LogP contribution in [-0.4, -0.2) is 28.7 Å². The number of hydrogen-bond donors (Lipinski definition) is 2. The molecule has 1 atom stereocenters. The molecule has 1 aromatic carbocycles. The molecular formula is C18H29Cl2NO2Ti. The van der Waals surface area contributed by atoms with E-state index in [0.29, 0.717) is 6.42 Å². The molecule has 1 aliphatic rings. The third-order valence-electron chi connectivity index (χ3n) is 4.57. The Balaban J connectivity index is 2.70. The summed E-state index contributed by atoms with van der Waals surface area (Å²) in [5.74, 6) is 0. The molecule has 136 valence electrons. The van der Waals surface area contributed by atoms with Crippen LogP contribution in [0.3, 0.4) is 0 Å². The molecular weight excluding hydrogens is 381 g/mol. The fourth-order valence-electron chi connectivity index (χ4n) is 4.09. The van der Waals surface area contributed by atoms with Gasteiger partial charge in [-0.05, 0) is 0 Å². The van der Waals surface area contributed by atoms with Crippen LogP contribution in [0.4, 0.5) is 0 Å². The van der Waals surface area contributed by atoms with Gasteiger partial charge in [-0.25, -0.2) is 0 Å². The number of aliphatic hydroxyl groups excluding tert-OH is 1. The molecule has 2 N–H and O–H groups in total. The summed E-state index contributed by atoms with van der Waals surface area (Å²) in [6.07, 6.45) is 4.45. The van der Waals surface area contributed by atoms with Crippen LogP contribution >= 0.6 is 18.6 Å². The predicted molar refractivity (Wildman–Crippen MR) is 103 cm³/mol. The van der Waals surface area contributed by atoms with Gasteiger partial charge in [-0.2, -0.15) is 0 Å². The second-order valence-electron chi connectivity index (χ2n) is 9.03. The van der Waals surface area contributed by atoms with Crippen molar-refractivity contribution in [3.63, 3.8) is 0 Å². The van der Waals surface area contributed by atoms with Crippen molar-refractivity contribution in [2.24, 2.45) is 0 Å². The molecule has 0 aliphatic heterocycles. The number of aliphatic hydroxyl groups is 1. The van der Waals surface area contributed by atoms with Crippen molar-refractivity contribution in [1.82, 2.24) is 3.80 Å². The second-order valence-corrected chi connectivity index (χ2v) is 33.3. The average Bonchev–Trinajstić information content (AvgIpc) is 2.80. The number of fused-ring (bicyclic) bond motifs is 1. The van der Waals surface area contributed by atoms with Gasteiger partial charge in [-0.1, -0.05) is 0 Å². The molecule has 6 heteroatoms. The third-order valence-corrected chi connectivity index (χ3v) is 16.7. The maximum absolute atomic E-state index is 9.17. The SMILES string of the molecule is [CH2]=[Ti]([CH3])([Cl])([Cl])([NH]C(C)(C)C)([O]CCCO)[CH]1C=Cc2ccccc21. The zero-order chi connectivity index (χ0) is 18.4. The first-order chi connectivity index (χ1) is 10.6. The Hall–Kier alpha value is 0.00429. The van der Waals surface area contributed by atoms with Crippen LogP contribution < -0.4 is 3.80 Å². The molecule has 0 fully saturated rings. The molecule has 2 rings (SSSR count). The van der Waals surface area contributed by atoms with E-state index in [0.717, 1.165) is 11.1 Å². The average molecular weight is 410 g/mol. The van der Waals surface area contributed by atoms with E-state index in [9.17, 15) is 0 Å². The Kier molecular flexibility index (Phi) is 4.27. The normalized spacial score (nSPS) is 22.3. The molecule has 0 spiro atoms. The molecule has 0 heterocycles. The predicted octanol–water partition coefficient (Wildman–Crippen LogP) is 4.92. The number of rotatable bonds is 6. The number of benzene rings is 1. The van der Waals surface area contributed by atoms with Gasteiger partial charge in [0.15, 0.2) is 0 Å². The van der Waals surface area contributed by atoms with Crippen molar-refractivity contribution in [3.8, 4) is 0 Å². The first-order valence-corrected chi connectivity index (χ1v) is 17.7. The van der Waals surface area contributed by atoms with Crippen LogP contribution in [0, 0.1) is 0 Å². The van der Waals surface area contributed by atoms with E-state index in [2.05, 4.69) is 8.62 Å². The first kappa shape index (κ1) is 20.3. The fraction of sp³-hybridized carbons (Fsp3) is 0.500. The van der Waals surface area contributed by atoms with Crippen LogP contribution in [0.1, 0.15) is 42.5 Å². The maximum atomic E-state index is 9.17. The van der Waals surface area contributed by atoms with Crippen molar-refractivity contribution in [3.05, 3.63) is 41.5 Å². The Morgan fingerprint density at radius 2 is 1.92 bits per heavy atom. The molecule has 0 radical (unpaired) electrons. The summed E-state index contributed by atoms with van der Waals surface area (Å²) in [4.78, 5) is 4.45. The van der Waals surface area contributed by atoms with Gasteiger partial charge in [0.25, 0.3) is 0 Å². The molecule has 0 aromatic heterocycles. The van der Waals surface area contributed by atoms with Gasteiger partial charge in [0.1, 0.15) is 0 Å². The Bertz CT molecular complexity index is 800. The van der Waals surface area contributed by atoms with E-state index in [-0.39, 0.29) is 17.4 Å². The summed E-state index contributed by atoms with van der Waals surface area (Å²) in [6.45, 7) is 6.22. The fourth-order valence-corrected chi connectivity index (χ4v) is 17.9. The van der Waals surface area contributed by atoms with Crippen LogP contribution in [0.15, 0.2) is 30.3 Å². The van der Waals surface area contributed by atoms with Gasteiger partial charge in [0, 0.05) is 0 Å². The zero-order valence-corrected chi connectivity index (χ0v) is 18.1. The summed E-state index contributed by atoms with van der Waals surface area (Å²) < 4.78 is 9.38. The minimum atomic E-state index is -6.03. The Labute approximate surface area is 149 Å². The van der Waals surface area contributed by atoms with Crippen LogP contribution in [-0.2, 0) is 14.1 Å². The van der Waals surface area contributed by atoms with E-state index in [1.165, 1.54) is 0 Å². The van der Waals surface area contributed by atoms with Crippen LogP contribution in [0.5, 0.6) is 0 Å². The summed E-state index contributed by atoms with van der Waals surface area (Å²) >= 11 is 0. The van der Waals surface area contributed by atoms with Crippen LogP contribution in [0.2, 0.25) is 5.23 Å². The third kappa shape index (κ3) is 3.88. The van der Waals surface area contributed by atoms with Gasteiger partial charge in [0.05, 0.1) is 0 Å². The minimum absolute atomic E-state index is 0.00729. The topological polar surface area (TPSA) is 41.5 Å². The van der Waals surface area contributed by atoms with Gasteiger partial charge in [-0.3, -0.25) is 0 Å². The Morgan fingerprint density at radius 3 is 2.50 bits per heavy atom. The number of halogens is 2. The summed E-state index contributed by atoms with van der Waals surface area (Å²) in [6, 6.07) is 7.99. The Morgan fingerprint density at radius 1 is 1.29 bits per heavy atom. The van der Waals surface area contributed by atoms with Crippen molar-refractivity contribution in [2.45, 2.75) is 42.2 Å².